The fourth-order valence-corrected chi connectivity index (χ4v) is 3.64. The lowest BCUT2D eigenvalue weighted by Crippen LogP contribution is -2.12. The molecule has 0 fully saturated rings. The van der Waals surface area contributed by atoms with E-state index < -0.39 is 19.1 Å². The Morgan fingerprint density at radius 3 is 2.56 bits per heavy atom. The van der Waals surface area contributed by atoms with Crippen molar-refractivity contribution in [2.45, 2.75) is 19.1 Å². The Bertz CT molecular complexity index is 1180. The Balaban J connectivity index is 1.71. The van der Waals surface area contributed by atoms with Gasteiger partial charge in [-0.05, 0) is 35.9 Å². The van der Waals surface area contributed by atoms with Crippen LogP contribution in [0, 0.1) is 0 Å². The highest BCUT2D eigenvalue weighted by atomic mass is 35.5. The molecular weight excluding hydrogens is 438 g/mol. The normalized spacial score (nSPS) is 12.3. The molecule has 2 aromatic heterocycles. The minimum atomic E-state index is -2.63. The number of para-hydroxylation sites is 1. The zero-order chi connectivity index (χ0) is 22.5. The summed E-state index contributed by atoms with van der Waals surface area (Å²) in [5, 5.41) is 1.49. The summed E-state index contributed by atoms with van der Waals surface area (Å²) in [5.74, 6) is 0.560. The lowest BCUT2D eigenvalue weighted by Gasteiger charge is -2.22. The number of ether oxygens (including phenoxy) is 3. The molecule has 0 radical (unpaired) electrons. The van der Waals surface area contributed by atoms with Crippen molar-refractivity contribution in [2.75, 3.05) is 13.7 Å². The van der Waals surface area contributed by atoms with Crippen molar-refractivity contribution in [1.29, 1.82) is 0 Å². The van der Waals surface area contributed by atoms with Crippen LogP contribution < -0.4 is 9.47 Å². The second-order valence-electron chi connectivity index (χ2n) is 7.05. The molecule has 4 rings (SSSR count). The SMILES string of the molecule is COC(c1cccc(OCc2ccc(Cl)cc2)c1OCC(F)F)c1c[nH]c2ncccc12. The average Bonchev–Trinajstić information content (AvgIpc) is 3.22. The van der Waals surface area contributed by atoms with Crippen LogP contribution in [0.25, 0.3) is 11.0 Å². The third-order valence-corrected chi connectivity index (χ3v) is 5.21. The Kier molecular flexibility index (Phi) is 6.87. The molecule has 0 aliphatic carbocycles. The summed E-state index contributed by atoms with van der Waals surface area (Å²) in [6.45, 7) is -0.541. The highest BCUT2D eigenvalue weighted by molar-refractivity contribution is 6.30. The Hall–Kier alpha value is -3.16. The lowest BCUT2D eigenvalue weighted by atomic mass is 10.00. The smallest absolute Gasteiger partial charge is 0.272 e. The van der Waals surface area contributed by atoms with Crippen molar-refractivity contribution in [1.82, 2.24) is 9.97 Å². The molecule has 0 saturated carbocycles. The number of aromatic amines is 1. The van der Waals surface area contributed by atoms with Crippen LogP contribution in [0.4, 0.5) is 8.78 Å². The van der Waals surface area contributed by atoms with E-state index in [2.05, 4.69) is 9.97 Å². The van der Waals surface area contributed by atoms with Crippen molar-refractivity contribution in [2.24, 2.45) is 0 Å². The molecule has 2 heterocycles. The molecule has 4 aromatic rings. The molecule has 8 heteroatoms. The minimum Gasteiger partial charge on any atom is -0.485 e. The van der Waals surface area contributed by atoms with E-state index in [0.29, 0.717) is 22.0 Å². The number of methoxy groups -OCH3 is 1. The number of fused-ring (bicyclic) bond motifs is 1. The van der Waals surface area contributed by atoms with Crippen molar-refractivity contribution >= 4 is 22.6 Å². The second-order valence-corrected chi connectivity index (χ2v) is 7.49. The second kappa shape index (κ2) is 9.97. The van der Waals surface area contributed by atoms with Gasteiger partial charge in [0.2, 0.25) is 0 Å². The predicted molar refractivity (Wildman–Crippen MR) is 119 cm³/mol. The van der Waals surface area contributed by atoms with Gasteiger partial charge in [0.05, 0.1) is 0 Å². The summed E-state index contributed by atoms with van der Waals surface area (Å²) in [4.78, 5) is 7.42. The number of rotatable bonds is 9. The van der Waals surface area contributed by atoms with E-state index in [9.17, 15) is 8.78 Å². The lowest BCUT2D eigenvalue weighted by molar-refractivity contribution is 0.0756. The summed E-state index contributed by atoms with van der Waals surface area (Å²) in [6.07, 6.45) is 0.265. The fraction of sp³-hybridized carbons (Fsp3) is 0.208. The number of aromatic nitrogens is 2. The molecule has 1 atom stereocenters. The molecule has 0 aliphatic heterocycles. The number of halogens is 3. The Labute approximate surface area is 188 Å². The number of hydrogen-bond donors (Lipinski definition) is 1. The van der Waals surface area contributed by atoms with Gasteiger partial charge in [-0.3, -0.25) is 0 Å². The van der Waals surface area contributed by atoms with Crippen molar-refractivity contribution in [3.8, 4) is 11.5 Å². The molecule has 32 heavy (non-hydrogen) atoms. The Morgan fingerprint density at radius 1 is 1.00 bits per heavy atom. The van der Waals surface area contributed by atoms with Gasteiger partial charge >= 0.3 is 0 Å². The van der Waals surface area contributed by atoms with Gasteiger partial charge in [-0.2, -0.15) is 0 Å². The molecule has 0 aliphatic rings. The van der Waals surface area contributed by atoms with E-state index in [1.165, 1.54) is 0 Å². The maximum atomic E-state index is 13.0. The number of H-pyrrole nitrogens is 1. The first-order chi connectivity index (χ1) is 15.6. The monoisotopic (exact) mass is 458 g/mol. The van der Waals surface area contributed by atoms with Gasteiger partial charge in [0.15, 0.2) is 11.5 Å². The summed E-state index contributed by atoms with van der Waals surface area (Å²) >= 11 is 5.93. The molecule has 2 aromatic carbocycles. The summed E-state index contributed by atoms with van der Waals surface area (Å²) in [6, 6.07) is 16.2. The van der Waals surface area contributed by atoms with Gasteiger partial charge in [-0.1, -0.05) is 35.9 Å². The van der Waals surface area contributed by atoms with E-state index in [4.69, 9.17) is 25.8 Å². The zero-order valence-corrected chi connectivity index (χ0v) is 18.0. The summed E-state index contributed by atoms with van der Waals surface area (Å²) in [5.41, 5.74) is 2.97. The summed E-state index contributed by atoms with van der Waals surface area (Å²) < 4.78 is 43.3. The van der Waals surface area contributed by atoms with E-state index >= 15 is 0 Å². The number of hydrogen-bond acceptors (Lipinski definition) is 4. The first-order valence-corrected chi connectivity index (χ1v) is 10.3. The molecule has 0 bridgehead atoms. The molecule has 1 N–H and O–H groups in total. The van der Waals surface area contributed by atoms with Gasteiger partial charge in [0, 0.05) is 41.0 Å². The van der Waals surface area contributed by atoms with E-state index in [-0.39, 0.29) is 12.4 Å². The molecular formula is C24H21ClF2N2O3. The van der Waals surface area contributed by atoms with Crippen LogP contribution in [-0.2, 0) is 11.3 Å². The van der Waals surface area contributed by atoms with Crippen LogP contribution in [0.3, 0.4) is 0 Å². The van der Waals surface area contributed by atoms with Crippen LogP contribution >= 0.6 is 11.6 Å². The molecule has 0 saturated heterocycles. The van der Waals surface area contributed by atoms with Crippen LogP contribution in [0.15, 0.2) is 67.0 Å². The van der Waals surface area contributed by atoms with Crippen molar-refractivity contribution in [3.63, 3.8) is 0 Å². The minimum absolute atomic E-state index is 0.215. The van der Waals surface area contributed by atoms with Gasteiger partial charge in [-0.15, -0.1) is 0 Å². The van der Waals surface area contributed by atoms with Crippen LogP contribution in [0.5, 0.6) is 11.5 Å². The number of benzene rings is 2. The first kappa shape index (κ1) is 22.0. The van der Waals surface area contributed by atoms with Gasteiger partial charge in [0.1, 0.15) is 25.0 Å². The van der Waals surface area contributed by atoms with Crippen LogP contribution in [0.1, 0.15) is 22.8 Å². The summed E-state index contributed by atoms with van der Waals surface area (Å²) in [7, 11) is 1.55. The average molecular weight is 459 g/mol. The fourth-order valence-electron chi connectivity index (χ4n) is 3.51. The molecule has 1 unspecified atom stereocenters. The van der Waals surface area contributed by atoms with E-state index in [1.54, 1.807) is 49.8 Å². The quantitative estimate of drug-likeness (QED) is 0.325. The molecule has 0 spiro atoms. The van der Waals surface area contributed by atoms with Gasteiger partial charge in [0.25, 0.3) is 6.43 Å². The standard InChI is InChI=1S/C24H21ClF2N2O3/c1-30-22(19-12-29-24-17(19)5-3-11-28-24)18-4-2-6-20(23(18)32-14-21(26)27)31-13-15-7-9-16(25)10-8-15/h2-12,21-22H,13-14H2,1H3,(H,28,29). The number of nitrogens with one attached hydrogen (secondary N) is 1. The van der Waals surface area contributed by atoms with Gasteiger partial charge < -0.3 is 19.2 Å². The van der Waals surface area contributed by atoms with Crippen LogP contribution in [-0.4, -0.2) is 30.1 Å². The van der Waals surface area contributed by atoms with Crippen molar-refractivity contribution in [3.05, 3.63) is 88.7 Å². The maximum Gasteiger partial charge on any atom is 0.272 e. The third-order valence-electron chi connectivity index (χ3n) is 4.95. The maximum absolute atomic E-state index is 13.0. The highest BCUT2D eigenvalue weighted by Crippen LogP contribution is 2.41. The van der Waals surface area contributed by atoms with Crippen molar-refractivity contribution < 1.29 is 23.0 Å². The van der Waals surface area contributed by atoms with E-state index in [1.807, 2.05) is 24.3 Å². The largest absolute Gasteiger partial charge is 0.485 e. The topological polar surface area (TPSA) is 56.4 Å². The highest BCUT2D eigenvalue weighted by Gasteiger charge is 2.25. The zero-order valence-electron chi connectivity index (χ0n) is 17.2. The Morgan fingerprint density at radius 2 is 1.81 bits per heavy atom. The predicted octanol–water partition coefficient (Wildman–Crippen LogP) is 6.18. The van der Waals surface area contributed by atoms with Gasteiger partial charge in [-0.25, -0.2) is 13.8 Å². The molecule has 0 amide bonds. The molecule has 5 nitrogen and oxygen atoms in total. The number of nitrogens with zero attached hydrogens (tertiary/aromatic N) is 1. The van der Waals surface area contributed by atoms with Crippen LogP contribution in [0.2, 0.25) is 5.02 Å². The molecule has 166 valence electrons. The number of pyridine rings is 1. The first-order valence-electron chi connectivity index (χ1n) is 9.92. The number of alkyl halides is 2. The third kappa shape index (κ3) is 4.84. The van der Waals surface area contributed by atoms with E-state index in [0.717, 1.165) is 16.5 Å².